The molecule has 0 saturated carbocycles. The number of anilines is 1. The summed E-state index contributed by atoms with van der Waals surface area (Å²) in [6.07, 6.45) is 1.70. The quantitative estimate of drug-likeness (QED) is 0.495. The smallest absolute Gasteiger partial charge is 0.246 e. The van der Waals surface area contributed by atoms with Crippen LogP contribution in [0.1, 0.15) is 24.8 Å². The average molecular weight is 489 g/mol. The number of sulfonamides is 1. The second-order valence-corrected chi connectivity index (χ2v) is 11.0. The van der Waals surface area contributed by atoms with Crippen LogP contribution in [-0.4, -0.2) is 61.8 Å². The molecule has 0 unspecified atom stereocenters. The number of hydrogen-bond donors (Lipinski definition) is 1. The monoisotopic (exact) mass is 488 g/mol. The molecule has 8 nitrogen and oxygen atoms in total. The van der Waals surface area contributed by atoms with Crippen molar-refractivity contribution in [3.63, 3.8) is 0 Å². The van der Waals surface area contributed by atoms with E-state index in [1.165, 1.54) is 10.4 Å². The first-order valence-corrected chi connectivity index (χ1v) is 13.2. The van der Waals surface area contributed by atoms with Gasteiger partial charge in [-0.15, -0.1) is 11.3 Å². The van der Waals surface area contributed by atoms with Crippen molar-refractivity contribution in [1.82, 2.24) is 14.2 Å². The van der Waals surface area contributed by atoms with Crippen molar-refractivity contribution in [3.8, 4) is 5.75 Å². The minimum Gasteiger partial charge on any atom is -0.492 e. The molecule has 0 bridgehead atoms. The lowest BCUT2D eigenvalue weighted by Crippen LogP contribution is -2.30. The number of ether oxygens (including phenoxy) is 1. The van der Waals surface area contributed by atoms with Gasteiger partial charge in [0.2, 0.25) is 15.9 Å². The molecule has 1 N–H and O–H groups in total. The van der Waals surface area contributed by atoms with Gasteiger partial charge in [-0.25, -0.2) is 13.4 Å². The molecule has 1 aliphatic rings. The molecule has 1 aromatic heterocycles. The third-order valence-electron chi connectivity index (χ3n) is 5.37. The van der Waals surface area contributed by atoms with Gasteiger partial charge in [-0.2, -0.15) is 4.31 Å². The minimum absolute atomic E-state index is 0.0897. The Balaban J connectivity index is 1.44. The Morgan fingerprint density at radius 2 is 1.97 bits per heavy atom. The molecule has 33 heavy (non-hydrogen) atoms. The molecule has 176 valence electrons. The van der Waals surface area contributed by atoms with E-state index in [-0.39, 0.29) is 17.3 Å². The van der Waals surface area contributed by atoms with Crippen LogP contribution in [0.2, 0.25) is 0 Å². The third-order valence-corrected chi connectivity index (χ3v) is 8.31. The zero-order valence-electron chi connectivity index (χ0n) is 18.8. The van der Waals surface area contributed by atoms with Crippen LogP contribution in [0.25, 0.3) is 10.2 Å². The molecule has 1 saturated heterocycles. The van der Waals surface area contributed by atoms with Gasteiger partial charge in [-0.05, 0) is 57.1 Å². The summed E-state index contributed by atoms with van der Waals surface area (Å²) in [7, 11) is -1.83. The number of nitrogens with one attached hydrogen (secondary N) is 1. The number of benzene rings is 2. The van der Waals surface area contributed by atoms with Crippen LogP contribution >= 0.6 is 11.3 Å². The number of rotatable bonds is 9. The first kappa shape index (κ1) is 23.6. The van der Waals surface area contributed by atoms with Gasteiger partial charge in [0.25, 0.3) is 0 Å². The molecule has 0 spiro atoms. The number of hydrogen-bond acceptors (Lipinski definition) is 7. The Labute approximate surface area is 198 Å². The van der Waals surface area contributed by atoms with Crippen LogP contribution in [0.4, 0.5) is 5.69 Å². The molecule has 1 aliphatic heterocycles. The number of thiazole rings is 1. The number of amides is 1. The molecule has 0 atom stereocenters. The molecule has 2 aromatic carbocycles. The molecule has 0 radical (unpaired) electrons. The van der Waals surface area contributed by atoms with Gasteiger partial charge in [0.05, 0.1) is 29.9 Å². The molecule has 0 aliphatic carbocycles. The van der Waals surface area contributed by atoms with Crippen molar-refractivity contribution in [1.29, 1.82) is 0 Å². The lowest BCUT2D eigenvalue weighted by molar-refractivity contribution is -0.117. The van der Waals surface area contributed by atoms with E-state index in [9.17, 15) is 13.2 Å². The Hall–Kier alpha value is -2.53. The standard InChI is InChI=1S/C23H28N4O4S2/c1-3-31-19-11-10-17(14-21(19)33(29,30)27-12-6-7-13-27)24-22(28)15-26(2)16-23-25-18-8-4-5-9-20(18)32-23/h4-5,8-11,14H,3,6-7,12-13,15-16H2,1-2H3,(H,24,28). The summed E-state index contributed by atoms with van der Waals surface area (Å²) in [5.74, 6) is 0.0719. The van der Waals surface area contributed by atoms with Crippen LogP contribution < -0.4 is 10.1 Å². The van der Waals surface area contributed by atoms with Gasteiger partial charge >= 0.3 is 0 Å². The zero-order valence-corrected chi connectivity index (χ0v) is 20.4. The van der Waals surface area contributed by atoms with Crippen molar-refractivity contribution in [2.24, 2.45) is 0 Å². The third kappa shape index (κ3) is 5.52. The highest BCUT2D eigenvalue weighted by Crippen LogP contribution is 2.31. The second-order valence-electron chi connectivity index (χ2n) is 8.00. The van der Waals surface area contributed by atoms with E-state index in [4.69, 9.17) is 4.74 Å². The predicted octanol–water partition coefficient (Wildman–Crippen LogP) is 3.55. The Morgan fingerprint density at radius 3 is 2.70 bits per heavy atom. The normalized spacial score (nSPS) is 14.8. The molecule has 1 amide bonds. The summed E-state index contributed by atoms with van der Waals surface area (Å²) in [5, 5.41) is 3.76. The molecule has 3 aromatic rings. The predicted molar refractivity (Wildman–Crippen MR) is 130 cm³/mol. The Bertz CT molecular complexity index is 1200. The molecule has 1 fully saturated rings. The largest absolute Gasteiger partial charge is 0.492 e. The first-order valence-electron chi connectivity index (χ1n) is 11.0. The average Bonchev–Trinajstić information content (AvgIpc) is 3.44. The minimum atomic E-state index is -3.69. The van der Waals surface area contributed by atoms with E-state index in [2.05, 4.69) is 10.3 Å². The number of likely N-dealkylation sites (N-methyl/N-ethyl adjacent to an activating group) is 1. The lowest BCUT2D eigenvalue weighted by atomic mass is 10.3. The van der Waals surface area contributed by atoms with Gasteiger partial charge in [-0.3, -0.25) is 9.69 Å². The van der Waals surface area contributed by atoms with E-state index in [0.717, 1.165) is 28.1 Å². The number of carbonyl (C=O) groups excluding carboxylic acids is 1. The highest BCUT2D eigenvalue weighted by atomic mass is 32.2. The van der Waals surface area contributed by atoms with Crippen molar-refractivity contribution >= 4 is 43.2 Å². The maximum Gasteiger partial charge on any atom is 0.246 e. The summed E-state index contributed by atoms with van der Waals surface area (Å²) < 4.78 is 34.4. The molecule has 10 heteroatoms. The molecule has 2 heterocycles. The van der Waals surface area contributed by atoms with Gasteiger partial charge in [-0.1, -0.05) is 12.1 Å². The van der Waals surface area contributed by atoms with E-state index >= 15 is 0 Å². The summed E-state index contributed by atoms with van der Waals surface area (Å²) in [6.45, 7) is 3.86. The SMILES string of the molecule is CCOc1ccc(NC(=O)CN(C)Cc2nc3ccccc3s2)cc1S(=O)(=O)N1CCCC1. The summed E-state index contributed by atoms with van der Waals surface area (Å²) in [5.41, 5.74) is 1.38. The fourth-order valence-corrected chi connectivity index (χ4v) is 6.57. The lowest BCUT2D eigenvalue weighted by Gasteiger charge is -2.19. The van der Waals surface area contributed by atoms with Crippen molar-refractivity contribution in [2.75, 3.05) is 38.6 Å². The van der Waals surface area contributed by atoms with Crippen molar-refractivity contribution in [3.05, 3.63) is 47.5 Å². The highest BCUT2D eigenvalue weighted by molar-refractivity contribution is 7.89. The maximum absolute atomic E-state index is 13.1. The van der Waals surface area contributed by atoms with E-state index in [1.54, 1.807) is 23.5 Å². The van der Waals surface area contributed by atoms with Crippen LogP contribution in [-0.2, 0) is 21.4 Å². The van der Waals surface area contributed by atoms with Crippen LogP contribution in [0, 0.1) is 0 Å². The number of nitrogens with zero attached hydrogens (tertiary/aromatic N) is 3. The fraction of sp³-hybridized carbons (Fsp3) is 0.391. The summed E-state index contributed by atoms with van der Waals surface area (Å²) in [6, 6.07) is 12.7. The zero-order chi connectivity index (χ0) is 23.4. The fourth-order valence-electron chi connectivity index (χ4n) is 3.85. The van der Waals surface area contributed by atoms with E-state index in [1.807, 2.05) is 43.1 Å². The van der Waals surface area contributed by atoms with Crippen LogP contribution in [0.3, 0.4) is 0 Å². The topological polar surface area (TPSA) is 91.8 Å². The van der Waals surface area contributed by atoms with Gasteiger partial charge < -0.3 is 10.1 Å². The number of fused-ring (bicyclic) bond motifs is 1. The second kappa shape index (κ2) is 10.2. The molecular weight excluding hydrogens is 460 g/mol. The van der Waals surface area contributed by atoms with Gasteiger partial charge in [0.1, 0.15) is 15.7 Å². The van der Waals surface area contributed by atoms with E-state index in [0.29, 0.717) is 37.7 Å². The number of aromatic nitrogens is 1. The van der Waals surface area contributed by atoms with Crippen molar-refractivity contribution < 1.29 is 17.9 Å². The molecule has 4 rings (SSSR count). The summed E-state index contributed by atoms with van der Waals surface area (Å²) in [4.78, 5) is 19.2. The Kier molecular flexibility index (Phi) is 7.28. The highest BCUT2D eigenvalue weighted by Gasteiger charge is 2.30. The van der Waals surface area contributed by atoms with E-state index < -0.39 is 10.0 Å². The Morgan fingerprint density at radius 1 is 1.21 bits per heavy atom. The van der Waals surface area contributed by atoms with Crippen LogP contribution in [0.5, 0.6) is 5.75 Å². The molecular formula is C23H28N4O4S2. The van der Waals surface area contributed by atoms with Gasteiger partial charge in [0, 0.05) is 18.8 Å². The number of carbonyl (C=O) groups is 1. The van der Waals surface area contributed by atoms with Crippen LogP contribution in [0.15, 0.2) is 47.4 Å². The first-order chi connectivity index (χ1) is 15.9. The number of para-hydroxylation sites is 1. The summed E-state index contributed by atoms with van der Waals surface area (Å²) >= 11 is 1.61. The maximum atomic E-state index is 13.1. The van der Waals surface area contributed by atoms with Gasteiger partial charge in [0.15, 0.2) is 0 Å². The van der Waals surface area contributed by atoms with Crippen molar-refractivity contribution in [2.45, 2.75) is 31.2 Å².